The van der Waals surface area contributed by atoms with Gasteiger partial charge < -0.3 is 4.57 Å². The number of hydrogen-bond donors (Lipinski definition) is 0. The summed E-state index contributed by atoms with van der Waals surface area (Å²) in [6.07, 6.45) is 5.32. The zero-order valence-electron chi connectivity index (χ0n) is 12.1. The standard InChI is InChI=1S/C16H19FN2OS/c1-2-19-14-12(17)9-6-10-13(14)21-16(19)18-15(20)11-7-4-3-5-8-11/h6,9-11H,2-5,7-8H2,1H3. The van der Waals surface area contributed by atoms with Crippen LogP contribution in [-0.4, -0.2) is 10.5 Å². The van der Waals surface area contributed by atoms with Gasteiger partial charge in [0, 0.05) is 12.5 Å². The number of halogens is 1. The topological polar surface area (TPSA) is 34.4 Å². The molecule has 1 aliphatic carbocycles. The SMILES string of the molecule is CCn1c(=NC(=O)C2CCCCC2)sc2cccc(F)c21. The fourth-order valence-electron chi connectivity index (χ4n) is 3.00. The molecule has 3 nitrogen and oxygen atoms in total. The van der Waals surface area contributed by atoms with E-state index in [0.717, 1.165) is 30.4 Å². The van der Waals surface area contributed by atoms with Gasteiger partial charge in [-0.05, 0) is 31.9 Å². The molecule has 21 heavy (non-hydrogen) atoms. The van der Waals surface area contributed by atoms with Gasteiger partial charge in [-0.3, -0.25) is 4.79 Å². The molecular formula is C16H19FN2OS. The Morgan fingerprint density at radius 1 is 1.38 bits per heavy atom. The maximum atomic E-state index is 14.0. The van der Waals surface area contributed by atoms with Crippen LogP contribution >= 0.6 is 11.3 Å². The van der Waals surface area contributed by atoms with Crippen LogP contribution in [0.2, 0.25) is 0 Å². The van der Waals surface area contributed by atoms with E-state index < -0.39 is 0 Å². The van der Waals surface area contributed by atoms with E-state index in [1.807, 2.05) is 13.0 Å². The maximum absolute atomic E-state index is 14.0. The summed E-state index contributed by atoms with van der Waals surface area (Å²) in [4.78, 5) is 17.3. The Labute approximate surface area is 127 Å². The molecule has 1 aromatic heterocycles. The molecule has 0 bridgehead atoms. The summed E-state index contributed by atoms with van der Waals surface area (Å²) in [7, 11) is 0. The molecule has 0 N–H and O–H groups in total. The van der Waals surface area contributed by atoms with E-state index in [4.69, 9.17) is 0 Å². The Morgan fingerprint density at radius 2 is 2.14 bits per heavy atom. The van der Waals surface area contributed by atoms with Crippen molar-refractivity contribution in [2.75, 3.05) is 0 Å². The van der Waals surface area contributed by atoms with Crippen molar-refractivity contribution < 1.29 is 9.18 Å². The van der Waals surface area contributed by atoms with E-state index in [9.17, 15) is 9.18 Å². The van der Waals surface area contributed by atoms with Crippen LogP contribution in [0.4, 0.5) is 4.39 Å². The number of amides is 1. The Kier molecular flexibility index (Phi) is 4.19. The number of thiazole rings is 1. The highest BCUT2D eigenvalue weighted by molar-refractivity contribution is 7.16. The van der Waals surface area contributed by atoms with Gasteiger partial charge in [0.05, 0.1) is 10.2 Å². The van der Waals surface area contributed by atoms with Gasteiger partial charge >= 0.3 is 0 Å². The van der Waals surface area contributed by atoms with E-state index in [-0.39, 0.29) is 17.6 Å². The number of nitrogens with zero attached hydrogens (tertiary/aromatic N) is 2. The number of aromatic nitrogens is 1. The van der Waals surface area contributed by atoms with Gasteiger partial charge in [-0.1, -0.05) is 36.7 Å². The van der Waals surface area contributed by atoms with Crippen LogP contribution in [-0.2, 0) is 11.3 Å². The highest BCUT2D eigenvalue weighted by atomic mass is 32.1. The highest BCUT2D eigenvalue weighted by Crippen LogP contribution is 2.25. The lowest BCUT2D eigenvalue weighted by atomic mass is 9.89. The van der Waals surface area contributed by atoms with Crippen LogP contribution in [0.1, 0.15) is 39.0 Å². The normalized spacial score (nSPS) is 17.5. The van der Waals surface area contributed by atoms with Gasteiger partial charge in [0.15, 0.2) is 4.80 Å². The Balaban J connectivity index is 2.05. The summed E-state index contributed by atoms with van der Waals surface area (Å²) in [5.41, 5.74) is 0.556. The third-order valence-electron chi connectivity index (χ3n) is 4.13. The monoisotopic (exact) mass is 306 g/mol. The number of hydrogen-bond acceptors (Lipinski definition) is 2. The number of para-hydroxylation sites is 1. The maximum Gasteiger partial charge on any atom is 0.251 e. The molecule has 1 amide bonds. The summed E-state index contributed by atoms with van der Waals surface area (Å²) in [6, 6.07) is 5.02. The number of aryl methyl sites for hydroxylation is 1. The lowest BCUT2D eigenvalue weighted by Gasteiger charge is -2.17. The predicted molar refractivity (Wildman–Crippen MR) is 82.6 cm³/mol. The van der Waals surface area contributed by atoms with Crippen molar-refractivity contribution >= 4 is 27.5 Å². The van der Waals surface area contributed by atoms with Crippen molar-refractivity contribution in [3.63, 3.8) is 0 Å². The average molecular weight is 306 g/mol. The fraction of sp³-hybridized carbons (Fsp3) is 0.500. The third kappa shape index (κ3) is 2.79. The minimum absolute atomic E-state index is 0.0381. The lowest BCUT2D eigenvalue weighted by Crippen LogP contribution is -2.21. The van der Waals surface area contributed by atoms with E-state index in [1.54, 1.807) is 10.6 Å². The second-order valence-corrected chi connectivity index (χ2v) is 6.51. The summed E-state index contributed by atoms with van der Waals surface area (Å²) in [6.45, 7) is 2.56. The number of rotatable bonds is 2. The molecule has 1 heterocycles. The van der Waals surface area contributed by atoms with Crippen LogP contribution in [0.5, 0.6) is 0 Å². The zero-order chi connectivity index (χ0) is 14.8. The van der Waals surface area contributed by atoms with Crippen molar-refractivity contribution in [1.82, 2.24) is 4.57 Å². The fourth-order valence-corrected chi connectivity index (χ4v) is 4.11. The first-order valence-electron chi connectivity index (χ1n) is 7.57. The first-order chi connectivity index (χ1) is 10.2. The molecule has 112 valence electrons. The molecule has 1 aliphatic rings. The molecule has 2 aromatic rings. The molecule has 5 heteroatoms. The summed E-state index contributed by atoms with van der Waals surface area (Å²) in [5.74, 6) is -0.236. The van der Waals surface area contributed by atoms with E-state index in [1.165, 1.54) is 23.8 Å². The average Bonchev–Trinajstić information content (AvgIpc) is 2.86. The molecule has 0 radical (unpaired) electrons. The molecule has 0 aliphatic heterocycles. The molecule has 0 atom stereocenters. The van der Waals surface area contributed by atoms with E-state index in [0.29, 0.717) is 16.9 Å². The first kappa shape index (κ1) is 14.4. The molecule has 1 fully saturated rings. The van der Waals surface area contributed by atoms with Crippen molar-refractivity contribution in [2.24, 2.45) is 10.9 Å². The van der Waals surface area contributed by atoms with E-state index in [2.05, 4.69) is 4.99 Å². The number of fused-ring (bicyclic) bond motifs is 1. The van der Waals surface area contributed by atoms with Crippen LogP contribution in [0, 0.1) is 11.7 Å². The van der Waals surface area contributed by atoms with Crippen molar-refractivity contribution in [3.8, 4) is 0 Å². The zero-order valence-corrected chi connectivity index (χ0v) is 13.0. The van der Waals surface area contributed by atoms with Crippen LogP contribution in [0.25, 0.3) is 10.2 Å². The second kappa shape index (κ2) is 6.10. The highest BCUT2D eigenvalue weighted by Gasteiger charge is 2.21. The minimum atomic E-state index is -0.253. The first-order valence-corrected chi connectivity index (χ1v) is 8.38. The molecular weight excluding hydrogens is 287 g/mol. The van der Waals surface area contributed by atoms with Gasteiger partial charge in [-0.25, -0.2) is 4.39 Å². The number of carbonyl (C=O) groups is 1. The predicted octanol–water partition coefficient (Wildman–Crippen LogP) is 3.87. The summed E-state index contributed by atoms with van der Waals surface area (Å²) in [5, 5.41) is 0. The molecule has 1 aromatic carbocycles. The third-order valence-corrected chi connectivity index (χ3v) is 5.17. The quantitative estimate of drug-likeness (QED) is 0.829. The molecule has 0 spiro atoms. The van der Waals surface area contributed by atoms with Gasteiger partial charge in [0.1, 0.15) is 5.82 Å². The van der Waals surface area contributed by atoms with Crippen LogP contribution in [0.3, 0.4) is 0 Å². The van der Waals surface area contributed by atoms with Gasteiger partial charge in [0.2, 0.25) is 0 Å². The van der Waals surface area contributed by atoms with Gasteiger partial charge in [-0.2, -0.15) is 4.99 Å². The second-order valence-electron chi connectivity index (χ2n) is 5.50. The van der Waals surface area contributed by atoms with Crippen molar-refractivity contribution in [3.05, 3.63) is 28.8 Å². The molecule has 0 unspecified atom stereocenters. The Bertz CT molecular complexity index is 725. The van der Waals surface area contributed by atoms with Crippen LogP contribution < -0.4 is 4.80 Å². The van der Waals surface area contributed by atoms with E-state index >= 15 is 0 Å². The summed E-state index contributed by atoms with van der Waals surface area (Å²) >= 11 is 1.39. The number of carbonyl (C=O) groups excluding carboxylic acids is 1. The van der Waals surface area contributed by atoms with Crippen molar-refractivity contribution in [2.45, 2.75) is 45.6 Å². The van der Waals surface area contributed by atoms with Crippen molar-refractivity contribution in [1.29, 1.82) is 0 Å². The number of benzene rings is 1. The van der Waals surface area contributed by atoms with Gasteiger partial charge in [0.25, 0.3) is 5.91 Å². The minimum Gasteiger partial charge on any atom is -0.314 e. The van der Waals surface area contributed by atoms with Gasteiger partial charge in [-0.15, -0.1) is 0 Å². The smallest absolute Gasteiger partial charge is 0.251 e. The molecule has 3 rings (SSSR count). The Morgan fingerprint density at radius 3 is 2.86 bits per heavy atom. The van der Waals surface area contributed by atoms with Crippen LogP contribution in [0.15, 0.2) is 23.2 Å². The molecule has 1 saturated carbocycles. The Hall–Kier alpha value is -1.49. The molecule has 0 saturated heterocycles. The summed E-state index contributed by atoms with van der Waals surface area (Å²) < 4.78 is 16.6. The lowest BCUT2D eigenvalue weighted by molar-refractivity contribution is -0.122. The largest absolute Gasteiger partial charge is 0.314 e.